The van der Waals surface area contributed by atoms with Crippen molar-refractivity contribution in [2.24, 2.45) is 0 Å². The van der Waals surface area contributed by atoms with E-state index in [1.807, 2.05) is 18.2 Å². The van der Waals surface area contributed by atoms with Crippen molar-refractivity contribution in [2.75, 3.05) is 18.6 Å². The van der Waals surface area contributed by atoms with E-state index in [2.05, 4.69) is 0 Å². The van der Waals surface area contributed by atoms with Gasteiger partial charge in [-0.25, -0.2) is 4.79 Å². The smallest absolute Gasteiger partial charge is 0.414 e. The van der Waals surface area contributed by atoms with E-state index < -0.39 is 26.7 Å². The number of nitro groups is 1. The van der Waals surface area contributed by atoms with Crippen molar-refractivity contribution in [3.05, 3.63) is 93.0 Å². The summed E-state index contributed by atoms with van der Waals surface area (Å²) in [6.45, 7) is 7.12. The molecule has 0 radical (unpaired) electrons. The normalized spacial score (nSPS) is 11.8. The highest BCUT2D eigenvalue weighted by Crippen LogP contribution is 2.29. The number of hydrogen-bond donors (Lipinski definition) is 1. The van der Waals surface area contributed by atoms with Gasteiger partial charge in [0.15, 0.2) is 5.75 Å². The number of nitro benzene ring substituents is 1. The zero-order chi connectivity index (χ0) is 29.7. The van der Waals surface area contributed by atoms with Crippen molar-refractivity contribution >= 4 is 39.7 Å². The first-order valence-electron chi connectivity index (χ1n) is 12.4. The Kier molecular flexibility index (Phi) is 9.33. The van der Waals surface area contributed by atoms with Crippen LogP contribution in [0.15, 0.2) is 65.6 Å². The number of carbonyl (C=O) groups excluding carboxylic acids is 1. The Labute approximate surface area is 233 Å². The maximum Gasteiger partial charge on any atom is 0.414 e. The highest BCUT2D eigenvalue weighted by atomic mass is 32.2. The Hall–Kier alpha value is -4.22. The van der Waals surface area contributed by atoms with E-state index in [0.717, 1.165) is 11.1 Å². The van der Waals surface area contributed by atoms with Crippen molar-refractivity contribution < 1.29 is 32.2 Å². The Balaban J connectivity index is 1.74. The molecule has 212 valence electrons. The summed E-state index contributed by atoms with van der Waals surface area (Å²) in [5.74, 6) is 0.0301. The van der Waals surface area contributed by atoms with Crippen LogP contribution in [0.3, 0.4) is 0 Å². The molecule has 0 bridgehead atoms. The van der Waals surface area contributed by atoms with Gasteiger partial charge >= 0.3 is 11.8 Å². The maximum atomic E-state index is 12.3. The first kappa shape index (κ1) is 30.3. The van der Waals surface area contributed by atoms with Gasteiger partial charge in [-0.3, -0.25) is 19.6 Å². The van der Waals surface area contributed by atoms with E-state index in [9.17, 15) is 27.9 Å². The number of rotatable bonds is 9. The van der Waals surface area contributed by atoms with Gasteiger partial charge in [-0.1, -0.05) is 42.0 Å². The van der Waals surface area contributed by atoms with E-state index in [1.54, 1.807) is 71.2 Å². The Morgan fingerprint density at radius 2 is 1.65 bits per heavy atom. The van der Waals surface area contributed by atoms with Crippen LogP contribution >= 0.6 is 0 Å². The number of benzene rings is 3. The molecule has 0 spiro atoms. The van der Waals surface area contributed by atoms with Crippen molar-refractivity contribution in [1.29, 1.82) is 0 Å². The third kappa shape index (κ3) is 8.39. The molecule has 3 aromatic carbocycles. The van der Waals surface area contributed by atoms with Crippen LogP contribution in [0, 0.1) is 17.0 Å². The standard InChI is InChI=1S/C29H32N2O8S/c1-20-6-15-27(40(35,36)37)23(18-20)16-17-38-26-19-22(11-14-25(26)31(33)34)8-7-21-9-12-24(13-10-21)30(5)28(32)39-29(2,3)4/h6-15,18-19H,16-17H2,1-5H3,(H,35,36,37). The van der Waals surface area contributed by atoms with Gasteiger partial charge in [0.2, 0.25) is 0 Å². The number of anilines is 1. The zero-order valence-corrected chi connectivity index (χ0v) is 23.8. The lowest BCUT2D eigenvalue weighted by molar-refractivity contribution is -0.385. The third-order valence-electron chi connectivity index (χ3n) is 5.72. The molecule has 3 aromatic rings. The van der Waals surface area contributed by atoms with Gasteiger partial charge in [-0.15, -0.1) is 0 Å². The Morgan fingerprint density at radius 1 is 1.02 bits per heavy atom. The monoisotopic (exact) mass is 568 g/mol. The molecule has 0 heterocycles. The molecule has 0 fully saturated rings. The minimum atomic E-state index is -4.43. The summed E-state index contributed by atoms with van der Waals surface area (Å²) in [6.07, 6.45) is 3.22. The number of nitrogens with zero attached hydrogens (tertiary/aromatic N) is 2. The number of hydrogen-bond acceptors (Lipinski definition) is 7. The predicted molar refractivity (Wildman–Crippen MR) is 153 cm³/mol. The second-order valence-electron chi connectivity index (χ2n) is 10.1. The molecular formula is C29H32N2O8S. The summed E-state index contributed by atoms with van der Waals surface area (Å²) < 4.78 is 44.0. The minimum absolute atomic E-state index is 0.0301. The molecule has 0 saturated heterocycles. The van der Waals surface area contributed by atoms with E-state index >= 15 is 0 Å². The summed E-state index contributed by atoms with van der Waals surface area (Å²) in [5, 5.41) is 11.5. The molecule has 0 aromatic heterocycles. The van der Waals surface area contributed by atoms with E-state index in [4.69, 9.17) is 9.47 Å². The molecule has 0 saturated carbocycles. The fourth-order valence-electron chi connectivity index (χ4n) is 3.76. The molecule has 10 nitrogen and oxygen atoms in total. The van der Waals surface area contributed by atoms with Crippen molar-refractivity contribution in [2.45, 2.75) is 44.6 Å². The van der Waals surface area contributed by atoms with E-state index in [-0.39, 0.29) is 29.4 Å². The molecule has 0 unspecified atom stereocenters. The third-order valence-corrected chi connectivity index (χ3v) is 6.67. The molecule has 40 heavy (non-hydrogen) atoms. The van der Waals surface area contributed by atoms with Crippen LogP contribution in [0.2, 0.25) is 0 Å². The number of aryl methyl sites for hydroxylation is 1. The van der Waals surface area contributed by atoms with Gasteiger partial charge in [0.1, 0.15) is 5.60 Å². The van der Waals surface area contributed by atoms with E-state index in [0.29, 0.717) is 16.8 Å². The quantitative estimate of drug-likeness (QED) is 0.137. The first-order valence-corrected chi connectivity index (χ1v) is 13.8. The molecule has 1 amide bonds. The second kappa shape index (κ2) is 12.3. The summed E-state index contributed by atoms with van der Waals surface area (Å²) in [7, 11) is -2.80. The average molecular weight is 569 g/mol. The van der Waals surface area contributed by atoms with Crippen molar-refractivity contribution in [1.82, 2.24) is 0 Å². The van der Waals surface area contributed by atoms with Gasteiger partial charge in [-0.05, 0) is 74.7 Å². The molecule has 0 atom stereocenters. The largest absolute Gasteiger partial charge is 0.486 e. The van der Waals surface area contributed by atoms with Gasteiger partial charge in [0.25, 0.3) is 10.1 Å². The van der Waals surface area contributed by atoms with Crippen LogP contribution in [0.4, 0.5) is 16.2 Å². The fraction of sp³-hybridized carbons (Fsp3) is 0.276. The molecule has 3 rings (SSSR count). The number of amides is 1. The molecule has 1 N–H and O–H groups in total. The maximum absolute atomic E-state index is 12.3. The highest BCUT2D eigenvalue weighted by Gasteiger charge is 2.21. The summed E-state index contributed by atoms with van der Waals surface area (Å²) in [4.78, 5) is 24.5. The molecular weight excluding hydrogens is 536 g/mol. The number of ether oxygens (including phenoxy) is 2. The first-order chi connectivity index (χ1) is 18.6. The zero-order valence-electron chi connectivity index (χ0n) is 23.0. The lowest BCUT2D eigenvalue weighted by Gasteiger charge is -2.24. The SMILES string of the molecule is Cc1ccc(S(=O)(=O)O)c(CCOc2cc(C=Cc3ccc(N(C)C(=O)OC(C)(C)C)cc3)ccc2[N+](=O)[O-])c1. The average Bonchev–Trinajstić information content (AvgIpc) is 2.85. The lowest BCUT2D eigenvalue weighted by Crippen LogP contribution is -2.34. The highest BCUT2D eigenvalue weighted by molar-refractivity contribution is 7.85. The number of carbonyl (C=O) groups is 1. The summed E-state index contributed by atoms with van der Waals surface area (Å²) in [6, 6.07) is 16.2. The van der Waals surface area contributed by atoms with Crippen LogP contribution < -0.4 is 9.64 Å². The van der Waals surface area contributed by atoms with Gasteiger partial charge in [-0.2, -0.15) is 8.42 Å². The van der Waals surface area contributed by atoms with Crippen LogP contribution in [0.25, 0.3) is 12.2 Å². The van der Waals surface area contributed by atoms with Crippen molar-refractivity contribution in [3.8, 4) is 5.75 Å². The minimum Gasteiger partial charge on any atom is -0.486 e. The Bertz CT molecular complexity index is 1520. The van der Waals surface area contributed by atoms with Crippen LogP contribution in [0.5, 0.6) is 5.75 Å². The van der Waals surface area contributed by atoms with Crippen LogP contribution in [0.1, 0.15) is 43.0 Å². The van der Waals surface area contributed by atoms with Crippen LogP contribution in [-0.4, -0.2) is 43.2 Å². The Morgan fingerprint density at radius 3 is 2.25 bits per heavy atom. The van der Waals surface area contributed by atoms with Gasteiger partial charge in [0, 0.05) is 25.2 Å². The second-order valence-corrected chi connectivity index (χ2v) is 11.5. The lowest BCUT2D eigenvalue weighted by atomic mass is 10.1. The van der Waals surface area contributed by atoms with Crippen LogP contribution in [-0.2, 0) is 21.3 Å². The predicted octanol–water partition coefficient (Wildman–Crippen LogP) is 6.31. The molecule has 11 heteroatoms. The van der Waals surface area contributed by atoms with Gasteiger partial charge in [0.05, 0.1) is 16.4 Å². The molecule has 0 aliphatic carbocycles. The topological polar surface area (TPSA) is 136 Å². The molecule has 0 aliphatic heterocycles. The van der Waals surface area contributed by atoms with Gasteiger partial charge < -0.3 is 9.47 Å². The van der Waals surface area contributed by atoms with Crippen molar-refractivity contribution in [3.63, 3.8) is 0 Å². The fourth-order valence-corrected chi connectivity index (χ4v) is 4.50. The molecule has 0 aliphatic rings. The van der Waals surface area contributed by atoms with E-state index in [1.165, 1.54) is 23.1 Å². The summed E-state index contributed by atoms with van der Waals surface area (Å²) in [5.41, 5.74) is 2.44. The summed E-state index contributed by atoms with van der Waals surface area (Å²) >= 11 is 0.